The highest BCUT2D eigenvalue weighted by Gasteiger charge is 2.42. The van der Waals surface area contributed by atoms with Crippen LogP contribution in [0.1, 0.15) is 27.8 Å². The summed E-state index contributed by atoms with van der Waals surface area (Å²) in [5.41, 5.74) is 1.21. The van der Waals surface area contributed by atoms with E-state index >= 15 is 0 Å². The van der Waals surface area contributed by atoms with Crippen LogP contribution < -0.4 is 5.32 Å². The topological polar surface area (TPSA) is 62.7 Å². The zero-order valence-corrected chi connectivity index (χ0v) is 17.8. The fourth-order valence-electron chi connectivity index (χ4n) is 3.35. The van der Waals surface area contributed by atoms with Crippen molar-refractivity contribution in [1.82, 2.24) is 20.1 Å². The average Bonchev–Trinajstić information content (AvgIpc) is 3.26. The van der Waals surface area contributed by atoms with Crippen molar-refractivity contribution >= 4 is 28.6 Å². The van der Waals surface area contributed by atoms with Crippen LogP contribution in [0.2, 0.25) is 0 Å². The molecule has 2 heterocycles. The van der Waals surface area contributed by atoms with Gasteiger partial charge in [0.25, 0.3) is 5.91 Å². The number of alkyl halides is 3. The van der Waals surface area contributed by atoms with E-state index in [0.717, 1.165) is 0 Å². The minimum atomic E-state index is -4.65. The summed E-state index contributed by atoms with van der Waals surface area (Å²) < 4.78 is 56.2. The van der Waals surface area contributed by atoms with E-state index < -0.39 is 24.1 Å². The van der Waals surface area contributed by atoms with Gasteiger partial charge in [-0.2, -0.15) is 22.7 Å². The van der Waals surface area contributed by atoms with Crippen LogP contribution in [0.15, 0.2) is 64.4 Å². The minimum Gasteiger partial charge on any atom is -0.343 e. The van der Waals surface area contributed by atoms with Gasteiger partial charge in [0.1, 0.15) is 5.69 Å². The van der Waals surface area contributed by atoms with Crippen molar-refractivity contribution in [2.24, 2.45) is 7.05 Å². The summed E-state index contributed by atoms with van der Waals surface area (Å²) in [6, 6.07) is 11.7. The number of halogens is 4. The number of hydrogen-bond donors (Lipinski definition) is 2. The molecule has 2 aromatic carbocycles. The van der Waals surface area contributed by atoms with Crippen LogP contribution in [-0.2, 0) is 7.05 Å². The summed E-state index contributed by atoms with van der Waals surface area (Å²) >= 11 is 1.28. The van der Waals surface area contributed by atoms with E-state index in [9.17, 15) is 22.4 Å². The maximum absolute atomic E-state index is 13.8. The van der Waals surface area contributed by atoms with Gasteiger partial charge in [0.15, 0.2) is 6.04 Å². The molecule has 0 saturated carbocycles. The molecule has 5 nitrogen and oxygen atoms in total. The molecular formula is C22H18F4N4OS. The van der Waals surface area contributed by atoms with E-state index in [0.29, 0.717) is 26.4 Å². The number of hydrogen-bond acceptors (Lipinski definition) is 3. The van der Waals surface area contributed by atoms with E-state index in [1.165, 1.54) is 46.7 Å². The van der Waals surface area contributed by atoms with Gasteiger partial charge >= 0.3 is 6.18 Å². The fraction of sp³-hybridized carbons (Fsp3) is 0.182. The number of rotatable bonds is 5. The minimum absolute atomic E-state index is 0.0516. The maximum atomic E-state index is 13.8. The molecule has 4 rings (SSSR count). The summed E-state index contributed by atoms with van der Waals surface area (Å²) in [5, 5.41) is 8.55. The van der Waals surface area contributed by atoms with E-state index in [1.807, 2.05) is 0 Å². The largest absolute Gasteiger partial charge is 0.412 e. The van der Waals surface area contributed by atoms with Gasteiger partial charge in [-0.05, 0) is 36.8 Å². The molecule has 2 aromatic heterocycles. The zero-order valence-electron chi connectivity index (χ0n) is 17.0. The third-order valence-electron chi connectivity index (χ3n) is 5.16. The molecule has 0 aliphatic carbocycles. The van der Waals surface area contributed by atoms with Crippen LogP contribution >= 0.6 is 11.8 Å². The molecular weight excluding hydrogens is 444 g/mol. The Hall–Kier alpha value is -3.27. The molecule has 0 radical (unpaired) electrons. The van der Waals surface area contributed by atoms with E-state index in [4.69, 9.17) is 0 Å². The van der Waals surface area contributed by atoms with Gasteiger partial charge in [0.2, 0.25) is 5.95 Å². The predicted molar refractivity (Wildman–Crippen MR) is 113 cm³/mol. The first-order chi connectivity index (χ1) is 15.1. The first-order valence-corrected chi connectivity index (χ1v) is 10.4. The molecule has 1 atom stereocenters. The van der Waals surface area contributed by atoms with Crippen molar-refractivity contribution < 1.29 is 22.4 Å². The molecule has 0 bridgehead atoms. The smallest absolute Gasteiger partial charge is 0.343 e. The van der Waals surface area contributed by atoms with Crippen LogP contribution in [0.4, 0.5) is 17.6 Å². The third-order valence-corrected chi connectivity index (χ3v) is 6.29. The van der Waals surface area contributed by atoms with Crippen molar-refractivity contribution in [3.8, 4) is 0 Å². The quantitative estimate of drug-likeness (QED) is 0.383. The van der Waals surface area contributed by atoms with E-state index in [2.05, 4.69) is 15.5 Å². The predicted octanol–water partition coefficient (Wildman–Crippen LogP) is 5.53. The van der Waals surface area contributed by atoms with Crippen molar-refractivity contribution in [3.63, 3.8) is 0 Å². The summed E-state index contributed by atoms with van der Waals surface area (Å²) in [6.45, 7) is 1.76. The molecule has 0 aliphatic rings. The molecule has 10 heteroatoms. The monoisotopic (exact) mass is 462 g/mol. The van der Waals surface area contributed by atoms with Crippen molar-refractivity contribution in [3.05, 3.63) is 77.5 Å². The Bertz CT molecular complexity index is 1280. The second kappa shape index (κ2) is 8.34. The molecule has 1 unspecified atom stereocenters. The van der Waals surface area contributed by atoms with Crippen molar-refractivity contribution in [2.75, 3.05) is 0 Å². The third kappa shape index (κ3) is 4.22. The van der Waals surface area contributed by atoms with Gasteiger partial charge < -0.3 is 9.88 Å². The molecule has 0 spiro atoms. The Balaban J connectivity index is 1.60. The first-order valence-electron chi connectivity index (χ1n) is 9.55. The van der Waals surface area contributed by atoms with Gasteiger partial charge in [-0.3, -0.25) is 9.89 Å². The van der Waals surface area contributed by atoms with Crippen LogP contribution in [0.5, 0.6) is 0 Å². The molecule has 1 amide bonds. The number of nitrogens with zero attached hydrogens (tertiary/aromatic N) is 2. The summed E-state index contributed by atoms with van der Waals surface area (Å²) in [6.07, 6.45) is -4.65. The standard InChI is InChI=1S/C22H18F4N4OS/c1-12-18(32-14-8-9-16-15(10-14)20(23)29-28-16)11-17(30(12)2)21(31)27-19(22(24,25)26)13-6-4-3-5-7-13/h3-11,19H,1-2H3,(H,27,31)(H,28,29). The molecule has 0 aliphatic heterocycles. The number of H-pyrrole nitrogens is 1. The Morgan fingerprint density at radius 3 is 2.56 bits per heavy atom. The Labute approximate surface area is 184 Å². The van der Waals surface area contributed by atoms with Crippen molar-refractivity contribution in [2.45, 2.75) is 28.9 Å². The summed E-state index contributed by atoms with van der Waals surface area (Å²) in [4.78, 5) is 14.2. The summed E-state index contributed by atoms with van der Waals surface area (Å²) in [7, 11) is 1.61. The first kappa shape index (κ1) is 21.9. The lowest BCUT2D eigenvalue weighted by Crippen LogP contribution is -2.38. The second-order valence-corrected chi connectivity index (χ2v) is 8.33. The number of carbonyl (C=O) groups is 1. The van der Waals surface area contributed by atoms with Crippen LogP contribution in [0.3, 0.4) is 0 Å². The fourth-order valence-corrected chi connectivity index (χ4v) is 4.37. The number of nitrogens with one attached hydrogen (secondary N) is 2. The number of aromatic nitrogens is 3. The molecule has 32 heavy (non-hydrogen) atoms. The maximum Gasteiger partial charge on any atom is 0.412 e. The molecule has 4 aromatic rings. The van der Waals surface area contributed by atoms with Gasteiger partial charge in [-0.25, -0.2) is 0 Å². The SMILES string of the molecule is Cc1c(Sc2ccc3n[nH]c(F)c3c2)cc(C(=O)NC(c2ccccc2)C(F)(F)F)n1C. The number of carbonyl (C=O) groups excluding carboxylic acids is 1. The van der Waals surface area contributed by atoms with Gasteiger partial charge in [-0.15, -0.1) is 0 Å². The molecule has 0 saturated heterocycles. The Kier molecular flexibility index (Phi) is 5.72. The average molecular weight is 462 g/mol. The molecule has 2 N–H and O–H groups in total. The van der Waals surface area contributed by atoms with Crippen molar-refractivity contribution in [1.29, 1.82) is 0 Å². The number of fused-ring (bicyclic) bond motifs is 1. The highest BCUT2D eigenvalue weighted by atomic mass is 32.2. The Morgan fingerprint density at radius 1 is 1.16 bits per heavy atom. The number of benzene rings is 2. The number of amides is 1. The molecule has 0 fully saturated rings. The number of aromatic amines is 1. The van der Waals surface area contributed by atoms with Crippen LogP contribution in [-0.4, -0.2) is 26.8 Å². The highest BCUT2D eigenvalue weighted by molar-refractivity contribution is 7.99. The molecule has 166 valence electrons. The highest BCUT2D eigenvalue weighted by Crippen LogP contribution is 2.35. The van der Waals surface area contributed by atoms with E-state index in [-0.39, 0.29) is 11.3 Å². The van der Waals surface area contributed by atoms with Crippen LogP contribution in [0, 0.1) is 12.9 Å². The lowest BCUT2D eigenvalue weighted by Gasteiger charge is -2.22. The normalized spacial score (nSPS) is 12.8. The van der Waals surface area contributed by atoms with Gasteiger partial charge in [0, 0.05) is 22.5 Å². The lowest BCUT2D eigenvalue weighted by atomic mass is 10.1. The van der Waals surface area contributed by atoms with Crippen LogP contribution in [0.25, 0.3) is 10.9 Å². The van der Waals surface area contributed by atoms with Gasteiger partial charge in [0.05, 0.1) is 10.9 Å². The Morgan fingerprint density at radius 2 is 1.88 bits per heavy atom. The summed E-state index contributed by atoms with van der Waals surface area (Å²) in [5.74, 6) is -1.39. The second-order valence-electron chi connectivity index (χ2n) is 7.22. The zero-order chi connectivity index (χ0) is 23.0. The van der Waals surface area contributed by atoms with Gasteiger partial charge in [-0.1, -0.05) is 42.1 Å². The van der Waals surface area contributed by atoms with E-state index in [1.54, 1.807) is 38.2 Å². The lowest BCUT2D eigenvalue weighted by molar-refractivity contribution is -0.155.